The summed E-state index contributed by atoms with van der Waals surface area (Å²) in [4.78, 5) is 13.8. The minimum atomic E-state index is -3.77. The van der Waals surface area contributed by atoms with Gasteiger partial charge in [-0.25, -0.2) is 8.42 Å². The van der Waals surface area contributed by atoms with Crippen LogP contribution < -0.4 is 4.72 Å². The molecule has 6 heteroatoms. The minimum absolute atomic E-state index is 0.153. The molecule has 0 aliphatic carbocycles. The molecule has 2 aromatic carbocycles. The molecule has 0 fully saturated rings. The quantitative estimate of drug-likeness (QED) is 0.912. The van der Waals surface area contributed by atoms with E-state index in [1.807, 2.05) is 38.1 Å². The first-order chi connectivity index (χ1) is 10.7. The molecule has 23 heavy (non-hydrogen) atoms. The van der Waals surface area contributed by atoms with E-state index < -0.39 is 16.1 Å². The van der Waals surface area contributed by atoms with Crippen LogP contribution in [0.25, 0.3) is 10.8 Å². The molecule has 0 aromatic heterocycles. The minimum Gasteiger partial charge on any atom is -0.347 e. The van der Waals surface area contributed by atoms with E-state index >= 15 is 0 Å². The Morgan fingerprint density at radius 1 is 1.04 bits per heavy atom. The van der Waals surface area contributed by atoms with Crippen LogP contribution in [0.4, 0.5) is 0 Å². The van der Waals surface area contributed by atoms with Gasteiger partial charge in [-0.05, 0) is 28.8 Å². The van der Waals surface area contributed by atoms with Crippen LogP contribution in [-0.4, -0.2) is 39.4 Å². The molecule has 124 valence electrons. The molecule has 5 nitrogen and oxygen atoms in total. The van der Waals surface area contributed by atoms with Gasteiger partial charge in [-0.15, -0.1) is 0 Å². The lowest BCUT2D eigenvalue weighted by molar-refractivity contribution is -0.131. The number of nitrogens with zero attached hydrogens (tertiary/aromatic N) is 1. The zero-order valence-electron chi connectivity index (χ0n) is 13.8. The number of carbonyl (C=O) groups is 1. The lowest BCUT2D eigenvalue weighted by Gasteiger charge is -2.24. The van der Waals surface area contributed by atoms with Gasteiger partial charge in [0.05, 0.1) is 4.90 Å². The van der Waals surface area contributed by atoms with Crippen LogP contribution in [0.3, 0.4) is 0 Å². The lowest BCUT2D eigenvalue weighted by atomic mass is 10.0. The number of likely N-dealkylation sites (N-methyl/N-ethyl adjacent to an activating group) is 1. The summed E-state index contributed by atoms with van der Waals surface area (Å²) < 4.78 is 27.8. The number of fused-ring (bicyclic) bond motifs is 1. The molecule has 1 amide bonds. The van der Waals surface area contributed by atoms with E-state index in [9.17, 15) is 13.2 Å². The van der Waals surface area contributed by atoms with Gasteiger partial charge < -0.3 is 4.90 Å². The molecule has 0 saturated heterocycles. The van der Waals surface area contributed by atoms with Crippen LogP contribution in [0.15, 0.2) is 47.4 Å². The molecule has 0 aliphatic heterocycles. The average Bonchev–Trinajstić information content (AvgIpc) is 2.51. The van der Waals surface area contributed by atoms with Crippen molar-refractivity contribution in [2.75, 3.05) is 14.1 Å². The molecule has 1 N–H and O–H groups in total. The van der Waals surface area contributed by atoms with E-state index in [2.05, 4.69) is 4.72 Å². The smallest absolute Gasteiger partial charge is 0.241 e. The van der Waals surface area contributed by atoms with Crippen LogP contribution >= 0.6 is 0 Å². The largest absolute Gasteiger partial charge is 0.347 e. The Bertz CT molecular complexity index is 813. The predicted molar refractivity (Wildman–Crippen MR) is 91.6 cm³/mol. The van der Waals surface area contributed by atoms with E-state index in [0.717, 1.165) is 10.8 Å². The summed E-state index contributed by atoms with van der Waals surface area (Å²) in [5, 5.41) is 1.81. The number of carbonyl (C=O) groups excluding carboxylic acids is 1. The van der Waals surface area contributed by atoms with Gasteiger partial charge in [0, 0.05) is 14.1 Å². The fourth-order valence-corrected chi connectivity index (χ4v) is 3.69. The Balaban J connectivity index is 2.37. The van der Waals surface area contributed by atoms with Gasteiger partial charge in [0.2, 0.25) is 15.9 Å². The summed E-state index contributed by atoms with van der Waals surface area (Å²) in [5.41, 5.74) is 0. The first-order valence-corrected chi connectivity index (χ1v) is 8.93. The SMILES string of the molecule is CC(C)[C@H](NS(=O)(=O)c1ccc2ccccc2c1)C(=O)N(C)C. The summed E-state index contributed by atoms with van der Waals surface area (Å²) in [7, 11) is -0.546. The standard InChI is InChI=1S/C17H22N2O3S/c1-12(2)16(17(20)19(3)4)18-23(21,22)15-10-9-13-7-5-6-8-14(13)11-15/h5-12,16,18H,1-4H3/t16-/m0/s1. The van der Waals surface area contributed by atoms with E-state index in [0.29, 0.717) is 0 Å². The Morgan fingerprint density at radius 3 is 2.22 bits per heavy atom. The second-order valence-corrected chi connectivity index (χ2v) is 7.80. The van der Waals surface area contributed by atoms with Crippen molar-refractivity contribution in [3.63, 3.8) is 0 Å². The van der Waals surface area contributed by atoms with E-state index in [4.69, 9.17) is 0 Å². The number of benzene rings is 2. The highest BCUT2D eigenvalue weighted by Crippen LogP contribution is 2.20. The van der Waals surface area contributed by atoms with Gasteiger partial charge in [0.25, 0.3) is 0 Å². The van der Waals surface area contributed by atoms with Gasteiger partial charge in [-0.2, -0.15) is 4.72 Å². The number of nitrogens with one attached hydrogen (secondary N) is 1. The van der Waals surface area contributed by atoms with E-state index in [1.165, 1.54) is 4.90 Å². The van der Waals surface area contributed by atoms with Crippen molar-refractivity contribution in [3.05, 3.63) is 42.5 Å². The zero-order valence-corrected chi connectivity index (χ0v) is 14.6. The van der Waals surface area contributed by atoms with Gasteiger partial charge >= 0.3 is 0 Å². The summed E-state index contributed by atoms with van der Waals surface area (Å²) >= 11 is 0. The molecule has 2 rings (SSSR count). The fourth-order valence-electron chi connectivity index (χ4n) is 2.32. The molecule has 0 bridgehead atoms. The molecule has 0 saturated carbocycles. The number of rotatable bonds is 5. The van der Waals surface area contributed by atoms with Crippen LogP contribution in [0, 0.1) is 5.92 Å². The predicted octanol–water partition coefficient (Wildman–Crippen LogP) is 2.23. The van der Waals surface area contributed by atoms with Crippen molar-refractivity contribution >= 4 is 26.7 Å². The Hall–Kier alpha value is -1.92. The van der Waals surface area contributed by atoms with Gasteiger partial charge in [-0.3, -0.25) is 4.79 Å². The van der Waals surface area contributed by atoms with Gasteiger partial charge in [0.1, 0.15) is 6.04 Å². The maximum atomic E-state index is 12.6. The van der Waals surface area contributed by atoms with E-state index in [-0.39, 0.29) is 16.7 Å². The normalized spacial score (nSPS) is 13.3. The fraction of sp³-hybridized carbons (Fsp3) is 0.353. The van der Waals surface area contributed by atoms with Gasteiger partial charge in [-0.1, -0.05) is 44.2 Å². The number of amides is 1. The van der Waals surface area contributed by atoms with Gasteiger partial charge in [0.15, 0.2) is 0 Å². The highest BCUT2D eigenvalue weighted by atomic mass is 32.2. The number of hydrogen-bond donors (Lipinski definition) is 1. The number of hydrogen-bond acceptors (Lipinski definition) is 3. The number of sulfonamides is 1. The second-order valence-electron chi connectivity index (χ2n) is 6.08. The first kappa shape index (κ1) is 17.4. The van der Waals surface area contributed by atoms with Crippen molar-refractivity contribution in [2.24, 2.45) is 5.92 Å². The molecule has 1 atom stereocenters. The summed E-state index contributed by atoms with van der Waals surface area (Å²) in [6.07, 6.45) is 0. The molecular formula is C17H22N2O3S. The second kappa shape index (κ2) is 6.68. The molecule has 0 radical (unpaired) electrons. The highest BCUT2D eigenvalue weighted by Gasteiger charge is 2.29. The third-order valence-corrected chi connectivity index (χ3v) is 5.13. The van der Waals surface area contributed by atoms with Crippen molar-refractivity contribution in [2.45, 2.75) is 24.8 Å². The van der Waals surface area contributed by atoms with Crippen molar-refractivity contribution in [1.29, 1.82) is 0 Å². The third-order valence-electron chi connectivity index (χ3n) is 3.69. The molecule has 0 unspecified atom stereocenters. The maximum absolute atomic E-state index is 12.6. The zero-order chi connectivity index (χ0) is 17.2. The van der Waals surface area contributed by atoms with Crippen molar-refractivity contribution in [3.8, 4) is 0 Å². The summed E-state index contributed by atoms with van der Waals surface area (Å²) in [5.74, 6) is -0.413. The first-order valence-electron chi connectivity index (χ1n) is 7.44. The topological polar surface area (TPSA) is 66.5 Å². The Kier molecular flexibility index (Phi) is 5.06. The summed E-state index contributed by atoms with van der Waals surface area (Å²) in [6, 6.07) is 11.7. The van der Waals surface area contributed by atoms with Crippen molar-refractivity contribution in [1.82, 2.24) is 9.62 Å². The Morgan fingerprint density at radius 2 is 1.65 bits per heavy atom. The summed E-state index contributed by atoms with van der Waals surface area (Å²) in [6.45, 7) is 3.63. The Labute approximate surface area is 137 Å². The lowest BCUT2D eigenvalue weighted by Crippen LogP contribution is -2.49. The maximum Gasteiger partial charge on any atom is 0.241 e. The third kappa shape index (κ3) is 3.89. The molecule has 0 spiro atoms. The molecular weight excluding hydrogens is 312 g/mol. The molecule has 0 aliphatic rings. The van der Waals surface area contributed by atoms with Crippen LogP contribution in [0.2, 0.25) is 0 Å². The monoisotopic (exact) mass is 334 g/mol. The highest BCUT2D eigenvalue weighted by molar-refractivity contribution is 7.89. The van der Waals surface area contributed by atoms with Crippen LogP contribution in [-0.2, 0) is 14.8 Å². The molecule has 0 heterocycles. The van der Waals surface area contributed by atoms with Crippen LogP contribution in [0.5, 0.6) is 0 Å². The van der Waals surface area contributed by atoms with Crippen molar-refractivity contribution < 1.29 is 13.2 Å². The molecule has 2 aromatic rings. The van der Waals surface area contributed by atoms with E-state index in [1.54, 1.807) is 32.3 Å². The average molecular weight is 334 g/mol. The van der Waals surface area contributed by atoms with Crippen LogP contribution in [0.1, 0.15) is 13.8 Å².